The maximum absolute atomic E-state index is 9.47. The number of benzene rings is 1. The van der Waals surface area contributed by atoms with E-state index in [1.807, 2.05) is 30.6 Å². The number of rotatable bonds is 6. The average Bonchev–Trinajstić information content (AvgIpc) is 2.68. The third kappa shape index (κ3) is 4.57. The third-order valence-corrected chi connectivity index (χ3v) is 4.80. The van der Waals surface area contributed by atoms with Crippen LogP contribution in [0, 0.1) is 17.2 Å². The van der Waals surface area contributed by atoms with Crippen molar-refractivity contribution in [3.05, 3.63) is 41.7 Å². The third-order valence-electron chi connectivity index (χ3n) is 4.80. The number of aromatic nitrogens is 2. The van der Waals surface area contributed by atoms with Gasteiger partial charge in [-0.15, -0.1) is 0 Å². The first kappa shape index (κ1) is 17.4. The van der Waals surface area contributed by atoms with E-state index in [0.717, 1.165) is 24.0 Å². The fraction of sp³-hybridized carbons (Fsp3) is 0.476. The van der Waals surface area contributed by atoms with Gasteiger partial charge in [0, 0.05) is 18.0 Å². The van der Waals surface area contributed by atoms with Gasteiger partial charge in [0.1, 0.15) is 11.8 Å². The molecule has 0 aliphatic heterocycles. The molecule has 1 aromatic heterocycles. The van der Waals surface area contributed by atoms with E-state index in [2.05, 4.69) is 23.0 Å². The van der Waals surface area contributed by atoms with Gasteiger partial charge in [-0.05, 0) is 48.9 Å². The summed E-state index contributed by atoms with van der Waals surface area (Å²) in [5.74, 6) is 1.93. The zero-order valence-electron chi connectivity index (χ0n) is 14.9. The Balaban J connectivity index is 1.71. The topological polar surface area (TPSA) is 58.8 Å². The largest absolute Gasteiger partial charge is 0.492 e. The van der Waals surface area contributed by atoms with Crippen LogP contribution in [0.3, 0.4) is 0 Å². The van der Waals surface area contributed by atoms with Crippen molar-refractivity contribution in [1.29, 1.82) is 5.26 Å². The van der Waals surface area contributed by atoms with Gasteiger partial charge in [0.15, 0.2) is 5.82 Å². The van der Waals surface area contributed by atoms with E-state index in [1.54, 1.807) is 0 Å². The molecule has 1 saturated carbocycles. The van der Waals surface area contributed by atoms with Crippen LogP contribution in [0.4, 0.5) is 0 Å². The molecule has 0 amide bonds. The molecular weight excluding hydrogens is 310 g/mol. The maximum atomic E-state index is 9.47. The van der Waals surface area contributed by atoms with Crippen molar-refractivity contribution in [3.8, 4) is 23.2 Å². The zero-order chi connectivity index (χ0) is 17.5. The van der Waals surface area contributed by atoms with Crippen LogP contribution in [0.1, 0.15) is 56.6 Å². The van der Waals surface area contributed by atoms with Crippen LogP contribution >= 0.6 is 0 Å². The molecule has 0 saturated heterocycles. The SMILES string of the molecule is CCCc1cnc(-c2ccc(OCC3CCCCC3)c(C#N)c2)nc1. The Morgan fingerprint density at radius 1 is 1.16 bits per heavy atom. The summed E-state index contributed by atoms with van der Waals surface area (Å²) in [4.78, 5) is 8.86. The zero-order valence-corrected chi connectivity index (χ0v) is 14.9. The van der Waals surface area contributed by atoms with E-state index in [9.17, 15) is 5.26 Å². The predicted octanol–water partition coefficient (Wildman–Crippen LogP) is 4.93. The second kappa shape index (κ2) is 8.62. The summed E-state index contributed by atoms with van der Waals surface area (Å²) in [5, 5.41) is 9.47. The van der Waals surface area contributed by atoms with Crippen LogP contribution in [0.15, 0.2) is 30.6 Å². The van der Waals surface area contributed by atoms with Gasteiger partial charge in [-0.1, -0.05) is 32.6 Å². The Bertz CT molecular complexity index is 728. The van der Waals surface area contributed by atoms with Crippen molar-refractivity contribution in [2.24, 2.45) is 5.92 Å². The van der Waals surface area contributed by atoms with Crippen molar-refractivity contribution < 1.29 is 4.74 Å². The van der Waals surface area contributed by atoms with Gasteiger partial charge in [-0.25, -0.2) is 9.97 Å². The smallest absolute Gasteiger partial charge is 0.159 e. The lowest BCUT2D eigenvalue weighted by Gasteiger charge is -2.22. The Morgan fingerprint density at radius 2 is 1.92 bits per heavy atom. The van der Waals surface area contributed by atoms with Gasteiger partial charge in [-0.3, -0.25) is 0 Å². The highest BCUT2D eigenvalue weighted by molar-refractivity contribution is 5.61. The predicted molar refractivity (Wildman–Crippen MR) is 98.2 cm³/mol. The Labute approximate surface area is 149 Å². The van der Waals surface area contributed by atoms with Crippen LogP contribution in [0.25, 0.3) is 11.4 Å². The molecule has 1 aliphatic carbocycles. The number of ether oxygens (including phenoxy) is 1. The highest BCUT2D eigenvalue weighted by Crippen LogP contribution is 2.28. The summed E-state index contributed by atoms with van der Waals surface area (Å²) in [7, 11) is 0. The van der Waals surface area contributed by atoms with E-state index >= 15 is 0 Å². The quantitative estimate of drug-likeness (QED) is 0.751. The van der Waals surface area contributed by atoms with E-state index in [4.69, 9.17) is 4.74 Å². The first-order valence-corrected chi connectivity index (χ1v) is 9.28. The van der Waals surface area contributed by atoms with Gasteiger partial charge in [0.05, 0.1) is 12.2 Å². The highest BCUT2D eigenvalue weighted by atomic mass is 16.5. The molecule has 0 bridgehead atoms. The highest BCUT2D eigenvalue weighted by Gasteiger charge is 2.15. The second-order valence-corrected chi connectivity index (χ2v) is 6.80. The van der Waals surface area contributed by atoms with Crippen LogP contribution < -0.4 is 4.74 Å². The first-order chi connectivity index (χ1) is 12.3. The van der Waals surface area contributed by atoms with Gasteiger partial charge in [0.2, 0.25) is 0 Å². The molecule has 2 aromatic rings. The number of aryl methyl sites for hydroxylation is 1. The summed E-state index contributed by atoms with van der Waals surface area (Å²) in [6.45, 7) is 2.84. The standard InChI is InChI=1S/C21H25N3O/c1-2-6-17-13-23-21(24-14-17)18-9-10-20(19(11-18)12-22)25-15-16-7-4-3-5-8-16/h9-11,13-14,16H,2-8,15H2,1H3. The molecule has 0 unspecified atom stereocenters. The summed E-state index contributed by atoms with van der Waals surface area (Å²) in [6, 6.07) is 7.88. The molecule has 4 nitrogen and oxygen atoms in total. The molecule has 1 fully saturated rings. The molecule has 1 aromatic carbocycles. The van der Waals surface area contributed by atoms with Crippen LogP contribution in [0.5, 0.6) is 5.75 Å². The molecule has 0 N–H and O–H groups in total. The summed E-state index contributed by atoms with van der Waals surface area (Å²) in [5.41, 5.74) is 2.54. The van der Waals surface area contributed by atoms with E-state index in [1.165, 1.54) is 32.1 Å². The molecule has 1 heterocycles. The fourth-order valence-electron chi connectivity index (χ4n) is 3.37. The Kier molecular flexibility index (Phi) is 6.00. The monoisotopic (exact) mass is 335 g/mol. The Morgan fingerprint density at radius 3 is 2.60 bits per heavy atom. The lowest BCUT2D eigenvalue weighted by molar-refractivity contribution is 0.208. The molecule has 130 valence electrons. The minimum absolute atomic E-state index is 0.551. The molecule has 3 rings (SSSR count). The van der Waals surface area contributed by atoms with E-state index < -0.39 is 0 Å². The molecule has 0 spiro atoms. The van der Waals surface area contributed by atoms with Crippen LogP contribution in [-0.4, -0.2) is 16.6 Å². The average molecular weight is 335 g/mol. The van der Waals surface area contributed by atoms with Crippen molar-refractivity contribution in [1.82, 2.24) is 9.97 Å². The minimum atomic E-state index is 0.551. The van der Waals surface area contributed by atoms with Gasteiger partial charge >= 0.3 is 0 Å². The molecule has 0 radical (unpaired) electrons. The van der Waals surface area contributed by atoms with Crippen LogP contribution in [-0.2, 0) is 6.42 Å². The molecule has 0 atom stereocenters. The number of nitriles is 1. The van der Waals surface area contributed by atoms with Gasteiger partial charge in [0.25, 0.3) is 0 Å². The van der Waals surface area contributed by atoms with E-state index in [-0.39, 0.29) is 0 Å². The number of hydrogen-bond acceptors (Lipinski definition) is 4. The molecule has 25 heavy (non-hydrogen) atoms. The molecular formula is C21H25N3O. The van der Waals surface area contributed by atoms with Crippen molar-refractivity contribution in [3.63, 3.8) is 0 Å². The van der Waals surface area contributed by atoms with Gasteiger partial charge in [-0.2, -0.15) is 5.26 Å². The van der Waals surface area contributed by atoms with Crippen molar-refractivity contribution in [2.75, 3.05) is 6.61 Å². The lowest BCUT2D eigenvalue weighted by Crippen LogP contribution is -2.15. The minimum Gasteiger partial charge on any atom is -0.492 e. The lowest BCUT2D eigenvalue weighted by atomic mass is 9.90. The summed E-state index contributed by atoms with van der Waals surface area (Å²) >= 11 is 0. The summed E-state index contributed by atoms with van der Waals surface area (Å²) < 4.78 is 5.95. The maximum Gasteiger partial charge on any atom is 0.159 e. The van der Waals surface area contributed by atoms with Crippen molar-refractivity contribution in [2.45, 2.75) is 51.9 Å². The molecule has 1 aliphatic rings. The van der Waals surface area contributed by atoms with Crippen LogP contribution in [0.2, 0.25) is 0 Å². The van der Waals surface area contributed by atoms with E-state index in [0.29, 0.717) is 29.7 Å². The normalized spacial score (nSPS) is 14.9. The van der Waals surface area contributed by atoms with Crippen molar-refractivity contribution >= 4 is 0 Å². The Hall–Kier alpha value is -2.41. The van der Waals surface area contributed by atoms with Gasteiger partial charge < -0.3 is 4.74 Å². The summed E-state index contributed by atoms with van der Waals surface area (Å²) in [6.07, 6.45) is 12.2. The number of nitrogens with zero attached hydrogens (tertiary/aromatic N) is 3. The first-order valence-electron chi connectivity index (χ1n) is 9.28. The second-order valence-electron chi connectivity index (χ2n) is 6.80. The molecule has 4 heteroatoms. The number of hydrogen-bond donors (Lipinski definition) is 0. The fourth-order valence-corrected chi connectivity index (χ4v) is 3.37.